The van der Waals surface area contributed by atoms with Crippen LogP contribution in [0.1, 0.15) is 66.2 Å². The number of anilines is 1. The number of benzene rings is 1. The van der Waals surface area contributed by atoms with E-state index in [0.29, 0.717) is 6.42 Å². The van der Waals surface area contributed by atoms with Gasteiger partial charge in [-0.05, 0) is 80.2 Å². The normalized spacial score (nSPS) is 43.2. The number of carbonyl (C=O) groups excluding carboxylic acids is 2. The highest BCUT2D eigenvalue weighted by atomic mass is 16.4. The fraction of sp³-hybridized carbons (Fsp3) is 0.633. The number of rotatable bonds is 3. The summed E-state index contributed by atoms with van der Waals surface area (Å²) in [5, 5.41) is 20.8. The van der Waals surface area contributed by atoms with E-state index in [9.17, 15) is 24.6 Å². The summed E-state index contributed by atoms with van der Waals surface area (Å²) in [6, 6.07) is 6.60. The highest BCUT2D eigenvalue weighted by Crippen LogP contribution is 2.74. The maximum atomic E-state index is 14.2. The molecule has 6 heteroatoms. The van der Waals surface area contributed by atoms with Gasteiger partial charge in [-0.1, -0.05) is 51.0 Å². The molecule has 1 aromatic rings. The average Bonchev–Trinajstić information content (AvgIpc) is 3.10. The van der Waals surface area contributed by atoms with Crippen molar-refractivity contribution < 1.29 is 24.6 Å². The third-order valence-corrected chi connectivity index (χ3v) is 11.3. The Morgan fingerprint density at radius 3 is 2.44 bits per heavy atom. The zero-order valence-electron chi connectivity index (χ0n) is 21.7. The zero-order valence-corrected chi connectivity index (χ0v) is 21.7. The Labute approximate surface area is 212 Å². The molecule has 36 heavy (non-hydrogen) atoms. The van der Waals surface area contributed by atoms with Gasteiger partial charge in [-0.15, -0.1) is 0 Å². The van der Waals surface area contributed by atoms with Crippen LogP contribution in [-0.4, -0.2) is 28.0 Å². The molecule has 8 atom stereocenters. The van der Waals surface area contributed by atoms with E-state index in [1.807, 2.05) is 6.92 Å². The molecular weight excluding hydrogens is 454 g/mol. The maximum Gasteiger partial charge on any atom is 0.309 e. The van der Waals surface area contributed by atoms with E-state index in [0.717, 1.165) is 32.1 Å². The van der Waals surface area contributed by atoms with Crippen molar-refractivity contribution in [3.63, 3.8) is 0 Å². The van der Waals surface area contributed by atoms with Crippen molar-refractivity contribution in [2.75, 3.05) is 4.90 Å². The van der Waals surface area contributed by atoms with Crippen LogP contribution in [0, 0.1) is 51.8 Å². The van der Waals surface area contributed by atoms with Gasteiger partial charge in [0.2, 0.25) is 11.8 Å². The number of nitrogens with zero attached hydrogens (tertiary/aromatic N) is 1. The Balaban J connectivity index is 1.50. The lowest BCUT2D eigenvalue weighted by Crippen LogP contribution is -2.65. The largest absolute Gasteiger partial charge is 0.506 e. The summed E-state index contributed by atoms with van der Waals surface area (Å²) in [5.41, 5.74) is 0.153. The number of aromatic hydroxyl groups is 1. The number of phenols is 1. The number of phenolic OH excluding ortho intramolecular Hbond substituents is 1. The van der Waals surface area contributed by atoms with Crippen molar-refractivity contribution in [2.45, 2.75) is 66.2 Å². The van der Waals surface area contributed by atoms with E-state index < -0.39 is 28.6 Å². The molecule has 2 amide bonds. The van der Waals surface area contributed by atoms with E-state index in [4.69, 9.17) is 0 Å². The van der Waals surface area contributed by atoms with Crippen LogP contribution in [0.5, 0.6) is 5.75 Å². The molecule has 6 nitrogen and oxygen atoms in total. The summed E-state index contributed by atoms with van der Waals surface area (Å²) >= 11 is 0. The van der Waals surface area contributed by atoms with Gasteiger partial charge < -0.3 is 10.2 Å². The number of aliphatic carboxylic acids is 1. The molecule has 0 aromatic heterocycles. The summed E-state index contributed by atoms with van der Waals surface area (Å²) in [6.07, 6.45) is 7.24. The van der Waals surface area contributed by atoms with E-state index >= 15 is 0 Å². The summed E-state index contributed by atoms with van der Waals surface area (Å²) in [5.74, 6) is -1.54. The van der Waals surface area contributed by atoms with Crippen LogP contribution < -0.4 is 4.90 Å². The number of carboxylic acids is 1. The highest BCUT2D eigenvalue weighted by Gasteiger charge is 2.73. The molecular formula is C30H37NO5. The van der Waals surface area contributed by atoms with Crippen LogP contribution >= 0.6 is 0 Å². The smallest absolute Gasteiger partial charge is 0.309 e. The van der Waals surface area contributed by atoms with Crippen LogP contribution in [-0.2, 0) is 14.4 Å². The molecule has 0 radical (unpaired) electrons. The summed E-state index contributed by atoms with van der Waals surface area (Å²) in [4.78, 5) is 41.9. The fourth-order valence-electron chi connectivity index (χ4n) is 9.85. The average molecular weight is 492 g/mol. The van der Waals surface area contributed by atoms with Crippen molar-refractivity contribution >= 4 is 23.5 Å². The Morgan fingerprint density at radius 2 is 1.78 bits per heavy atom. The Bertz CT molecular complexity index is 1200. The van der Waals surface area contributed by atoms with Gasteiger partial charge in [0.05, 0.1) is 22.9 Å². The molecule has 1 spiro atoms. The maximum absolute atomic E-state index is 14.2. The predicted molar refractivity (Wildman–Crippen MR) is 135 cm³/mol. The number of amides is 2. The molecule has 3 saturated carbocycles. The fourth-order valence-corrected chi connectivity index (χ4v) is 9.85. The summed E-state index contributed by atoms with van der Waals surface area (Å²) < 4.78 is 0. The van der Waals surface area contributed by atoms with Gasteiger partial charge in [-0.2, -0.15) is 0 Å². The highest BCUT2D eigenvalue weighted by molar-refractivity contribution is 6.23. The van der Waals surface area contributed by atoms with Gasteiger partial charge in [0.15, 0.2) is 0 Å². The molecule has 7 rings (SSSR count). The molecule has 1 aliphatic heterocycles. The molecule has 1 saturated heterocycles. The van der Waals surface area contributed by atoms with Gasteiger partial charge in [-0.3, -0.25) is 14.4 Å². The number of imide groups is 1. The second kappa shape index (κ2) is 7.45. The molecule has 4 fully saturated rings. The Kier molecular flexibility index (Phi) is 4.92. The number of carbonyl (C=O) groups is 3. The second-order valence-corrected chi connectivity index (χ2v) is 13.0. The van der Waals surface area contributed by atoms with Crippen molar-refractivity contribution in [1.82, 2.24) is 0 Å². The van der Waals surface area contributed by atoms with E-state index in [1.54, 1.807) is 18.2 Å². The van der Waals surface area contributed by atoms with Gasteiger partial charge >= 0.3 is 5.97 Å². The minimum absolute atomic E-state index is 0.0252. The second-order valence-electron chi connectivity index (χ2n) is 13.0. The molecule has 192 valence electrons. The third kappa shape index (κ3) is 2.71. The van der Waals surface area contributed by atoms with Crippen molar-refractivity contribution in [3.8, 4) is 5.75 Å². The quantitative estimate of drug-likeness (QED) is 0.436. The van der Waals surface area contributed by atoms with Crippen LogP contribution in [0.25, 0.3) is 0 Å². The van der Waals surface area contributed by atoms with Crippen molar-refractivity contribution in [2.24, 2.45) is 51.8 Å². The van der Waals surface area contributed by atoms with Gasteiger partial charge in [-0.25, -0.2) is 4.90 Å². The van der Waals surface area contributed by atoms with Crippen LogP contribution in [0.15, 0.2) is 35.9 Å². The zero-order chi connectivity index (χ0) is 25.8. The Hall–Kier alpha value is -2.63. The van der Waals surface area contributed by atoms with Gasteiger partial charge in [0.1, 0.15) is 5.75 Å². The lowest BCUT2D eigenvalue weighted by atomic mass is 9.34. The first-order valence-corrected chi connectivity index (χ1v) is 13.6. The number of allylic oxidation sites excluding steroid dienone is 2. The standard InChI is InChI=1S/C30H37NO5/c1-16(2)18-15-30-13-10-21-28(3,11-7-12-29(21,4)27(35)36)22(30)14-17(18)23-24(30)26(34)31(25(23)33)19-8-5-6-9-20(19)32/h5-6,8-9,15-17,21-24,32H,7,10-14H2,1-4H3,(H,35,36)/t17-,21+,22-,23+,24-,28-,29+,30-/m0/s1. The number of carboxylic acid groups (broad SMARTS) is 1. The SMILES string of the molecule is CC(C)C1=C[C@@]23CC[C@@H]4[C@](C)(CCC[C@@]4(C)C(=O)O)[C@@H]2C[C@@H]1[C@H]1C(=O)N(c2ccccc2O)C(=O)[C@H]13. The first kappa shape index (κ1) is 23.7. The van der Waals surface area contributed by atoms with E-state index in [2.05, 4.69) is 26.8 Å². The predicted octanol–water partition coefficient (Wildman–Crippen LogP) is 5.41. The minimum atomic E-state index is -0.757. The molecule has 1 aromatic carbocycles. The summed E-state index contributed by atoms with van der Waals surface area (Å²) in [7, 11) is 0. The van der Waals surface area contributed by atoms with Gasteiger partial charge in [0, 0.05) is 5.41 Å². The van der Waals surface area contributed by atoms with Crippen LogP contribution in [0.4, 0.5) is 5.69 Å². The molecule has 1 heterocycles. The summed E-state index contributed by atoms with van der Waals surface area (Å²) in [6.45, 7) is 8.55. The minimum Gasteiger partial charge on any atom is -0.506 e. The number of fused-ring (bicyclic) bond motifs is 1. The van der Waals surface area contributed by atoms with E-state index in [1.165, 1.54) is 16.5 Å². The molecule has 2 bridgehead atoms. The first-order valence-electron chi connectivity index (χ1n) is 13.6. The van der Waals surface area contributed by atoms with Crippen LogP contribution in [0.3, 0.4) is 0 Å². The number of para-hydroxylation sites is 2. The number of hydrogen-bond donors (Lipinski definition) is 2. The lowest BCUT2D eigenvalue weighted by Gasteiger charge is -2.68. The first-order chi connectivity index (χ1) is 17.0. The molecule has 2 N–H and O–H groups in total. The Morgan fingerprint density at radius 1 is 1.06 bits per heavy atom. The van der Waals surface area contributed by atoms with Crippen molar-refractivity contribution in [1.29, 1.82) is 0 Å². The molecule has 5 aliphatic carbocycles. The lowest BCUT2D eigenvalue weighted by molar-refractivity contribution is -0.194. The number of hydrogen-bond acceptors (Lipinski definition) is 4. The van der Waals surface area contributed by atoms with Gasteiger partial charge in [0.25, 0.3) is 0 Å². The molecule has 0 unspecified atom stereocenters. The molecule has 6 aliphatic rings. The van der Waals surface area contributed by atoms with E-state index in [-0.39, 0.29) is 52.3 Å². The monoisotopic (exact) mass is 491 g/mol. The third-order valence-electron chi connectivity index (χ3n) is 11.3. The van der Waals surface area contributed by atoms with Crippen LogP contribution in [0.2, 0.25) is 0 Å². The van der Waals surface area contributed by atoms with Crippen molar-refractivity contribution in [3.05, 3.63) is 35.9 Å². The topological polar surface area (TPSA) is 94.9 Å².